The van der Waals surface area contributed by atoms with E-state index in [0.717, 1.165) is 22.3 Å². The summed E-state index contributed by atoms with van der Waals surface area (Å²) in [6.07, 6.45) is 0. The lowest BCUT2D eigenvalue weighted by Gasteiger charge is -2.13. The first-order chi connectivity index (χ1) is 12.7. The first kappa shape index (κ1) is 16.0. The molecule has 0 radical (unpaired) electrons. The minimum Gasteiger partial charge on any atom is -0.338 e. The van der Waals surface area contributed by atoms with Gasteiger partial charge in [-0.2, -0.15) is 0 Å². The van der Waals surface area contributed by atoms with Crippen LogP contribution in [0.15, 0.2) is 78.9 Å². The highest BCUT2D eigenvalue weighted by molar-refractivity contribution is 6.13. The maximum atomic E-state index is 8.64. The van der Waals surface area contributed by atoms with Crippen molar-refractivity contribution in [2.24, 2.45) is 0 Å². The van der Waals surface area contributed by atoms with Gasteiger partial charge in [-0.05, 0) is 31.2 Å². The maximum absolute atomic E-state index is 8.64. The van der Waals surface area contributed by atoms with E-state index in [-0.39, 0.29) is 0 Å². The second-order valence-corrected chi connectivity index (χ2v) is 6.14. The van der Waals surface area contributed by atoms with Crippen molar-refractivity contribution in [3.05, 3.63) is 95.7 Å². The fourth-order valence-electron chi connectivity index (χ4n) is 2.78. The van der Waals surface area contributed by atoms with Gasteiger partial charge in [0.2, 0.25) is 0 Å². The fraction of sp³-hybridized carbons (Fsp3) is 0.0455. The number of para-hydroxylation sites is 2. The summed E-state index contributed by atoms with van der Waals surface area (Å²) in [6.45, 7) is 2.05. The molecule has 4 aromatic rings. The van der Waals surface area contributed by atoms with Gasteiger partial charge in [0.25, 0.3) is 0 Å². The molecule has 2 N–H and O–H groups in total. The zero-order valence-corrected chi connectivity index (χ0v) is 14.4. The molecule has 0 amide bonds. The second kappa shape index (κ2) is 6.76. The van der Waals surface area contributed by atoms with Crippen LogP contribution in [0.1, 0.15) is 16.8 Å². The molecule has 3 aromatic carbocycles. The number of nitrogens with zero attached hydrogens (tertiary/aromatic N) is 2. The van der Waals surface area contributed by atoms with Crippen LogP contribution in [0.3, 0.4) is 0 Å². The fourth-order valence-corrected chi connectivity index (χ4v) is 2.78. The lowest BCUT2D eigenvalue weighted by Crippen LogP contribution is -2.10. The van der Waals surface area contributed by atoms with Crippen LogP contribution in [0.4, 0.5) is 11.5 Å². The summed E-state index contributed by atoms with van der Waals surface area (Å²) < 4.78 is 0. The topological polar surface area (TPSA) is 61.7 Å². The molecule has 0 atom stereocenters. The molecule has 0 aliphatic heterocycles. The normalized spacial score (nSPS) is 10.7. The minimum atomic E-state index is 0.346. The highest BCUT2D eigenvalue weighted by Gasteiger charge is 2.15. The van der Waals surface area contributed by atoms with Crippen LogP contribution >= 0.6 is 0 Å². The molecule has 0 fully saturated rings. The number of aromatic nitrogens is 2. The van der Waals surface area contributed by atoms with Crippen molar-refractivity contribution in [3.8, 4) is 0 Å². The second-order valence-electron chi connectivity index (χ2n) is 6.14. The van der Waals surface area contributed by atoms with Gasteiger partial charge in [0.15, 0.2) is 5.82 Å². The molecule has 0 saturated heterocycles. The summed E-state index contributed by atoms with van der Waals surface area (Å²) in [5.74, 6) is 0.585. The number of hydrogen-bond acceptors (Lipinski definition) is 4. The third-order valence-electron chi connectivity index (χ3n) is 4.18. The highest BCUT2D eigenvalue weighted by atomic mass is 15.0. The lowest BCUT2D eigenvalue weighted by molar-refractivity contribution is 1.24. The number of nitrogens with one attached hydrogen (secondary N) is 2. The molecule has 4 heteroatoms. The molecule has 0 bridgehead atoms. The highest BCUT2D eigenvalue weighted by Crippen LogP contribution is 2.23. The Bertz CT molecular complexity index is 1070. The average molecular weight is 338 g/mol. The molecule has 0 aliphatic rings. The van der Waals surface area contributed by atoms with Gasteiger partial charge in [-0.3, -0.25) is 5.41 Å². The molecule has 0 unspecified atom stereocenters. The Balaban J connectivity index is 1.83. The first-order valence-corrected chi connectivity index (χ1v) is 8.45. The molecule has 4 rings (SSSR count). The summed E-state index contributed by atoms with van der Waals surface area (Å²) in [7, 11) is 0. The molecular formula is C22H18N4. The monoisotopic (exact) mass is 338 g/mol. The van der Waals surface area contributed by atoms with E-state index in [9.17, 15) is 0 Å². The van der Waals surface area contributed by atoms with E-state index < -0.39 is 0 Å². The standard InChI is InChI=1S/C22H18N4/c1-15-11-13-17(14-12-15)24-22-21(20(23)16-7-3-2-4-8-16)25-18-9-5-6-10-19(18)26-22/h2-14,23H,1H3,(H,24,26). The predicted molar refractivity (Wildman–Crippen MR) is 106 cm³/mol. The molecule has 1 heterocycles. The van der Waals surface area contributed by atoms with Crippen molar-refractivity contribution in [2.45, 2.75) is 6.92 Å². The van der Waals surface area contributed by atoms with E-state index in [2.05, 4.69) is 12.2 Å². The zero-order chi connectivity index (χ0) is 17.9. The van der Waals surface area contributed by atoms with Crippen molar-refractivity contribution in [3.63, 3.8) is 0 Å². The minimum absolute atomic E-state index is 0.346. The van der Waals surface area contributed by atoms with Gasteiger partial charge in [0, 0.05) is 11.3 Å². The van der Waals surface area contributed by atoms with Crippen LogP contribution in [0.2, 0.25) is 0 Å². The van der Waals surface area contributed by atoms with E-state index in [1.54, 1.807) is 0 Å². The molecule has 126 valence electrons. The molecule has 4 nitrogen and oxygen atoms in total. The molecule has 1 aromatic heterocycles. The third kappa shape index (κ3) is 3.17. The quantitative estimate of drug-likeness (QED) is 0.509. The Morgan fingerprint density at radius 1 is 0.769 bits per heavy atom. The van der Waals surface area contributed by atoms with E-state index in [1.807, 2.05) is 78.9 Å². The Morgan fingerprint density at radius 3 is 2.08 bits per heavy atom. The van der Waals surface area contributed by atoms with Gasteiger partial charge in [0.1, 0.15) is 5.69 Å². The Kier molecular flexibility index (Phi) is 4.15. The first-order valence-electron chi connectivity index (χ1n) is 8.45. The lowest BCUT2D eigenvalue weighted by atomic mass is 10.1. The van der Waals surface area contributed by atoms with Crippen molar-refractivity contribution in [1.29, 1.82) is 5.41 Å². The predicted octanol–water partition coefficient (Wildman–Crippen LogP) is 5.10. The van der Waals surface area contributed by atoms with Crippen LogP contribution in [-0.4, -0.2) is 15.7 Å². The van der Waals surface area contributed by atoms with E-state index in [1.165, 1.54) is 5.56 Å². The van der Waals surface area contributed by atoms with Crippen LogP contribution in [0.25, 0.3) is 11.0 Å². The van der Waals surface area contributed by atoms with Gasteiger partial charge < -0.3 is 5.32 Å². The Labute approximate surface area is 152 Å². The van der Waals surface area contributed by atoms with Crippen LogP contribution in [0.5, 0.6) is 0 Å². The number of benzene rings is 3. The van der Waals surface area contributed by atoms with E-state index in [4.69, 9.17) is 15.4 Å². The number of fused-ring (bicyclic) bond motifs is 1. The average Bonchev–Trinajstić information content (AvgIpc) is 2.69. The molecule has 26 heavy (non-hydrogen) atoms. The van der Waals surface area contributed by atoms with Crippen LogP contribution in [0, 0.1) is 12.3 Å². The van der Waals surface area contributed by atoms with Gasteiger partial charge >= 0.3 is 0 Å². The number of aryl methyl sites for hydroxylation is 1. The van der Waals surface area contributed by atoms with E-state index in [0.29, 0.717) is 17.2 Å². The van der Waals surface area contributed by atoms with Gasteiger partial charge in [-0.1, -0.05) is 60.2 Å². The van der Waals surface area contributed by atoms with Gasteiger partial charge in [0.05, 0.1) is 16.7 Å². The summed E-state index contributed by atoms with van der Waals surface area (Å²) in [5.41, 5.74) is 5.38. The van der Waals surface area contributed by atoms with Crippen molar-refractivity contribution in [1.82, 2.24) is 9.97 Å². The smallest absolute Gasteiger partial charge is 0.159 e. The summed E-state index contributed by atoms with van der Waals surface area (Å²) >= 11 is 0. The maximum Gasteiger partial charge on any atom is 0.159 e. The summed E-state index contributed by atoms with van der Waals surface area (Å²) in [5, 5.41) is 12.0. The number of hydrogen-bond donors (Lipinski definition) is 2. The Hall–Kier alpha value is -3.53. The Morgan fingerprint density at radius 2 is 1.38 bits per heavy atom. The zero-order valence-electron chi connectivity index (χ0n) is 14.4. The van der Waals surface area contributed by atoms with E-state index >= 15 is 0 Å². The van der Waals surface area contributed by atoms with Gasteiger partial charge in [-0.25, -0.2) is 9.97 Å². The number of anilines is 2. The van der Waals surface area contributed by atoms with Crippen LogP contribution in [-0.2, 0) is 0 Å². The largest absolute Gasteiger partial charge is 0.338 e. The van der Waals surface area contributed by atoms with Crippen molar-refractivity contribution in [2.75, 3.05) is 5.32 Å². The van der Waals surface area contributed by atoms with Gasteiger partial charge in [-0.15, -0.1) is 0 Å². The molecule has 0 saturated carbocycles. The van der Waals surface area contributed by atoms with Crippen LogP contribution < -0.4 is 5.32 Å². The third-order valence-corrected chi connectivity index (χ3v) is 4.18. The molecular weight excluding hydrogens is 320 g/mol. The molecule has 0 spiro atoms. The molecule has 0 aliphatic carbocycles. The SMILES string of the molecule is Cc1ccc(Nc2nc3ccccc3nc2C(=N)c2ccccc2)cc1. The number of rotatable bonds is 4. The summed E-state index contributed by atoms with van der Waals surface area (Å²) in [6, 6.07) is 25.4. The van der Waals surface area contributed by atoms with Crippen molar-refractivity contribution < 1.29 is 0 Å². The summed E-state index contributed by atoms with van der Waals surface area (Å²) in [4.78, 5) is 9.44. The van der Waals surface area contributed by atoms with Crippen molar-refractivity contribution >= 4 is 28.3 Å².